The van der Waals surface area contributed by atoms with E-state index in [9.17, 15) is 9.59 Å². The molecule has 0 saturated carbocycles. The number of rotatable bonds is 2. The molecular formula is C12H13NO2. The lowest BCUT2D eigenvalue weighted by Crippen LogP contribution is -2.12. The van der Waals surface area contributed by atoms with Crippen molar-refractivity contribution in [3.8, 4) is 0 Å². The number of nitrogens with one attached hydrogen (secondary N) is 1. The Labute approximate surface area is 88.5 Å². The summed E-state index contributed by atoms with van der Waals surface area (Å²) in [7, 11) is 0. The second-order valence-electron chi connectivity index (χ2n) is 4.26. The molecule has 0 saturated heterocycles. The first-order valence-electron chi connectivity index (χ1n) is 5.06. The molecule has 1 aliphatic heterocycles. The van der Waals surface area contributed by atoms with Gasteiger partial charge in [0.05, 0.1) is 11.3 Å². The van der Waals surface area contributed by atoms with Gasteiger partial charge in [-0.1, -0.05) is 19.9 Å². The van der Waals surface area contributed by atoms with E-state index in [4.69, 9.17) is 0 Å². The van der Waals surface area contributed by atoms with E-state index < -0.39 is 11.7 Å². The molecule has 78 valence electrons. The number of hydrogen-bond acceptors (Lipinski definition) is 2. The molecule has 1 N–H and O–H groups in total. The van der Waals surface area contributed by atoms with Crippen LogP contribution in [0.5, 0.6) is 0 Å². The highest BCUT2D eigenvalue weighted by Gasteiger charge is 2.27. The van der Waals surface area contributed by atoms with Crippen LogP contribution in [0.2, 0.25) is 0 Å². The molecule has 0 radical (unpaired) electrons. The topological polar surface area (TPSA) is 46.2 Å². The summed E-state index contributed by atoms with van der Waals surface area (Å²) in [4.78, 5) is 22.4. The smallest absolute Gasteiger partial charge is 0.296 e. The summed E-state index contributed by atoms with van der Waals surface area (Å²) in [6.45, 7) is 4.27. The second kappa shape index (κ2) is 3.50. The number of carbonyl (C=O) groups is 2. The zero-order valence-electron chi connectivity index (χ0n) is 8.83. The predicted octanol–water partition coefficient (Wildman–Crippen LogP) is 2.02. The van der Waals surface area contributed by atoms with E-state index in [0.29, 0.717) is 17.2 Å². The molecule has 2 rings (SSSR count). The molecule has 0 fully saturated rings. The third-order valence-electron chi connectivity index (χ3n) is 2.43. The third kappa shape index (κ3) is 1.77. The van der Waals surface area contributed by atoms with Gasteiger partial charge in [-0.15, -0.1) is 0 Å². The fraction of sp³-hybridized carbons (Fsp3) is 0.333. The van der Waals surface area contributed by atoms with Gasteiger partial charge in [-0.3, -0.25) is 9.59 Å². The summed E-state index contributed by atoms with van der Waals surface area (Å²) in [5.74, 6) is -0.386. The van der Waals surface area contributed by atoms with Gasteiger partial charge in [-0.2, -0.15) is 0 Å². The highest BCUT2D eigenvalue weighted by atomic mass is 16.2. The Morgan fingerprint density at radius 1 is 1.27 bits per heavy atom. The number of hydrogen-bond donors (Lipinski definition) is 1. The highest BCUT2D eigenvalue weighted by molar-refractivity contribution is 6.51. The molecular weight excluding hydrogens is 190 g/mol. The number of ketones is 1. The van der Waals surface area contributed by atoms with E-state index in [-0.39, 0.29) is 0 Å². The van der Waals surface area contributed by atoms with E-state index in [2.05, 4.69) is 19.2 Å². The van der Waals surface area contributed by atoms with Crippen LogP contribution in [0.3, 0.4) is 0 Å². The zero-order valence-corrected chi connectivity index (χ0v) is 8.83. The maximum absolute atomic E-state index is 11.3. The largest absolute Gasteiger partial charge is 0.318 e. The van der Waals surface area contributed by atoms with Gasteiger partial charge in [-0.05, 0) is 30.0 Å². The number of anilines is 1. The van der Waals surface area contributed by atoms with Gasteiger partial charge in [-0.25, -0.2) is 0 Å². The van der Waals surface area contributed by atoms with Gasteiger partial charge >= 0.3 is 0 Å². The second-order valence-corrected chi connectivity index (χ2v) is 4.26. The van der Waals surface area contributed by atoms with Crippen LogP contribution in [0.15, 0.2) is 18.2 Å². The SMILES string of the molecule is CC(C)Cc1ccc2c(c1)NC(=O)C2=O. The van der Waals surface area contributed by atoms with Crippen molar-refractivity contribution in [1.29, 1.82) is 0 Å². The first-order chi connectivity index (χ1) is 7.08. The van der Waals surface area contributed by atoms with Crippen molar-refractivity contribution < 1.29 is 9.59 Å². The van der Waals surface area contributed by atoms with Crippen molar-refractivity contribution in [2.24, 2.45) is 5.92 Å². The van der Waals surface area contributed by atoms with Crippen molar-refractivity contribution in [1.82, 2.24) is 0 Å². The quantitative estimate of drug-likeness (QED) is 0.747. The Morgan fingerprint density at radius 2 is 2.00 bits per heavy atom. The molecule has 3 heteroatoms. The van der Waals surface area contributed by atoms with E-state index >= 15 is 0 Å². The number of fused-ring (bicyclic) bond motifs is 1. The molecule has 1 aromatic rings. The maximum Gasteiger partial charge on any atom is 0.296 e. The molecule has 1 amide bonds. The molecule has 1 aromatic carbocycles. The summed E-state index contributed by atoms with van der Waals surface area (Å²) in [6, 6.07) is 5.53. The summed E-state index contributed by atoms with van der Waals surface area (Å²) in [5, 5.41) is 2.57. The van der Waals surface area contributed by atoms with Crippen LogP contribution >= 0.6 is 0 Å². The van der Waals surface area contributed by atoms with Gasteiger partial charge < -0.3 is 5.32 Å². The lowest BCUT2D eigenvalue weighted by Gasteiger charge is -2.06. The Bertz CT molecular complexity index is 435. The predicted molar refractivity (Wildman–Crippen MR) is 57.9 cm³/mol. The summed E-state index contributed by atoms with van der Waals surface area (Å²) < 4.78 is 0. The van der Waals surface area contributed by atoms with E-state index in [1.165, 1.54) is 0 Å². The third-order valence-corrected chi connectivity index (χ3v) is 2.43. The average Bonchev–Trinajstić information content (AvgIpc) is 2.41. The minimum Gasteiger partial charge on any atom is -0.318 e. The van der Waals surface area contributed by atoms with Crippen LogP contribution in [0, 0.1) is 5.92 Å². The zero-order chi connectivity index (χ0) is 11.0. The molecule has 0 aliphatic carbocycles. The van der Waals surface area contributed by atoms with Gasteiger partial charge in [0.2, 0.25) is 0 Å². The minimum atomic E-state index is -0.522. The van der Waals surface area contributed by atoms with E-state index in [1.807, 2.05) is 12.1 Å². The molecule has 3 nitrogen and oxygen atoms in total. The molecule has 1 aliphatic rings. The number of carbonyl (C=O) groups excluding carboxylic acids is 2. The Morgan fingerprint density at radius 3 is 2.67 bits per heavy atom. The van der Waals surface area contributed by atoms with Crippen LogP contribution in [0.25, 0.3) is 0 Å². The molecule has 15 heavy (non-hydrogen) atoms. The minimum absolute atomic E-state index is 0.430. The van der Waals surface area contributed by atoms with Crippen molar-refractivity contribution >= 4 is 17.4 Å². The number of Topliss-reactive ketones (excluding diaryl/α,β-unsaturated/α-hetero) is 1. The van der Waals surface area contributed by atoms with Crippen molar-refractivity contribution in [3.05, 3.63) is 29.3 Å². The van der Waals surface area contributed by atoms with E-state index in [1.54, 1.807) is 6.07 Å². The normalized spacial score (nSPS) is 14.3. The van der Waals surface area contributed by atoms with Gasteiger partial charge in [0.15, 0.2) is 0 Å². The molecule has 0 unspecified atom stereocenters. The van der Waals surface area contributed by atoms with Crippen LogP contribution < -0.4 is 5.32 Å². The van der Waals surface area contributed by atoms with Crippen LogP contribution in [-0.2, 0) is 11.2 Å². The summed E-state index contributed by atoms with van der Waals surface area (Å²) >= 11 is 0. The summed E-state index contributed by atoms with van der Waals surface area (Å²) in [5.41, 5.74) is 2.30. The maximum atomic E-state index is 11.3. The van der Waals surface area contributed by atoms with Crippen LogP contribution in [-0.4, -0.2) is 11.7 Å². The standard InChI is InChI=1S/C12H13NO2/c1-7(2)5-8-3-4-9-10(6-8)13-12(15)11(9)14/h3-4,6-7H,5H2,1-2H3,(H,13,14,15). The van der Waals surface area contributed by atoms with Crippen LogP contribution in [0.4, 0.5) is 5.69 Å². The van der Waals surface area contributed by atoms with Crippen molar-refractivity contribution in [2.75, 3.05) is 5.32 Å². The molecule has 1 heterocycles. The van der Waals surface area contributed by atoms with E-state index in [0.717, 1.165) is 12.0 Å². The Kier molecular flexibility index (Phi) is 2.31. The monoisotopic (exact) mass is 203 g/mol. The molecule has 0 atom stereocenters. The molecule has 0 spiro atoms. The molecule has 0 aromatic heterocycles. The number of benzene rings is 1. The summed E-state index contributed by atoms with van der Waals surface area (Å²) in [6.07, 6.45) is 0.956. The van der Waals surface area contributed by atoms with Gasteiger partial charge in [0, 0.05) is 0 Å². The highest BCUT2D eigenvalue weighted by Crippen LogP contribution is 2.25. The van der Waals surface area contributed by atoms with Gasteiger partial charge in [0.1, 0.15) is 0 Å². The lowest BCUT2D eigenvalue weighted by molar-refractivity contribution is -0.112. The van der Waals surface area contributed by atoms with Crippen LogP contribution in [0.1, 0.15) is 29.8 Å². The Balaban J connectivity index is 2.33. The lowest BCUT2D eigenvalue weighted by atomic mass is 10.0. The van der Waals surface area contributed by atoms with Crippen molar-refractivity contribution in [3.63, 3.8) is 0 Å². The number of amides is 1. The fourth-order valence-corrected chi connectivity index (χ4v) is 1.79. The Hall–Kier alpha value is -1.64. The van der Waals surface area contributed by atoms with Gasteiger partial charge in [0.25, 0.3) is 11.7 Å². The molecule has 0 bridgehead atoms. The first kappa shape index (κ1) is 9.90. The first-order valence-corrected chi connectivity index (χ1v) is 5.06. The average molecular weight is 203 g/mol. The van der Waals surface area contributed by atoms with Crippen molar-refractivity contribution in [2.45, 2.75) is 20.3 Å². The fourth-order valence-electron chi connectivity index (χ4n) is 1.79.